The normalized spacial score (nSPS) is 13.6. The molecule has 1 aliphatic carbocycles. The maximum atomic E-state index is 15.8. The Morgan fingerprint density at radius 3 is 1.69 bits per heavy atom. The lowest BCUT2D eigenvalue weighted by Gasteiger charge is -2.31. The lowest BCUT2D eigenvalue weighted by molar-refractivity contribution is -0.118. The first-order chi connectivity index (χ1) is 37.4. The van der Waals surface area contributed by atoms with Crippen molar-refractivity contribution >= 4 is 71.4 Å². The third kappa shape index (κ3) is 15.4. The largest absolute Gasteiger partial charge is 0.456 e. The number of sulfonamides is 1. The molecule has 2 amide bonds. The van der Waals surface area contributed by atoms with Crippen molar-refractivity contribution in [3.8, 4) is 22.5 Å². The zero-order valence-corrected chi connectivity index (χ0v) is 52.1. The van der Waals surface area contributed by atoms with Crippen LogP contribution >= 0.6 is 0 Å². The standard InChI is InChI=1S/C65H89N5O8S2/c1-17-21-25-46(19-3)38-70(39-47(20-4)26-22-18-2)79(73,74)55-28-24-23-27-50(55)59-49-30-29-48(66-60-40(5)31-42(7)62(44(60)9)68-57(71)36-64(11,12)13)33-53(49)78-54-35-52(56(34-51(54)59)80(75,76)77)67-61-41(6)32-43(8)63(45(61)10)69-58(72)37-65(14,15)16/h23-24,27-35,46-47,66H,17-22,25-26,36-39H2,1-16H3,(H,68,71)(H,69,72)(H,75,76,77). The van der Waals surface area contributed by atoms with Gasteiger partial charge < -0.3 is 20.4 Å². The predicted molar refractivity (Wildman–Crippen MR) is 329 cm³/mol. The number of aryl methyl sites for hydroxylation is 4. The highest BCUT2D eigenvalue weighted by Crippen LogP contribution is 2.45. The number of amides is 2. The molecule has 2 aliphatic rings. The second kappa shape index (κ2) is 25.9. The van der Waals surface area contributed by atoms with Gasteiger partial charge in [0.1, 0.15) is 16.2 Å². The van der Waals surface area contributed by atoms with E-state index < -0.39 is 25.0 Å². The van der Waals surface area contributed by atoms with Crippen molar-refractivity contribution in [2.45, 2.75) is 185 Å². The molecule has 1 heterocycles. The molecule has 6 rings (SSSR count). The van der Waals surface area contributed by atoms with Crippen LogP contribution in [0.4, 0.5) is 28.4 Å². The van der Waals surface area contributed by atoms with E-state index in [0.29, 0.717) is 75.5 Å². The number of rotatable bonds is 23. The summed E-state index contributed by atoms with van der Waals surface area (Å²) in [7, 11) is -9.26. The number of anilines is 4. The van der Waals surface area contributed by atoms with Gasteiger partial charge in [0.15, 0.2) is 0 Å². The van der Waals surface area contributed by atoms with Crippen LogP contribution in [-0.4, -0.2) is 50.6 Å². The van der Waals surface area contributed by atoms with Gasteiger partial charge in [-0.05, 0) is 135 Å². The fourth-order valence-corrected chi connectivity index (χ4v) is 13.4. The number of carbonyl (C=O) groups excluding carboxylic acids is 2. The molecule has 15 heteroatoms. The van der Waals surface area contributed by atoms with Crippen LogP contribution < -0.4 is 21.3 Å². The van der Waals surface area contributed by atoms with E-state index in [9.17, 15) is 22.6 Å². The summed E-state index contributed by atoms with van der Waals surface area (Å²) in [6, 6.07) is 19.1. The predicted octanol–water partition coefficient (Wildman–Crippen LogP) is 16.5. The van der Waals surface area contributed by atoms with E-state index in [1.165, 1.54) is 12.1 Å². The average Bonchev–Trinajstić information content (AvgIpc) is 3.43. The van der Waals surface area contributed by atoms with Crippen molar-refractivity contribution < 1.29 is 35.4 Å². The summed E-state index contributed by atoms with van der Waals surface area (Å²) in [4.78, 5) is 31.2. The van der Waals surface area contributed by atoms with Crippen molar-refractivity contribution in [2.24, 2.45) is 27.7 Å². The molecule has 0 bridgehead atoms. The summed E-state index contributed by atoms with van der Waals surface area (Å²) in [5.41, 5.74) is 8.66. The fraction of sp³-hybridized carbons (Fsp3) is 0.492. The second-order valence-electron chi connectivity index (χ2n) is 24.7. The zero-order chi connectivity index (χ0) is 59.2. The van der Waals surface area contributed by atoms with Gasteiger partial charge in [-0.2, -0.15) is 12.7 Å². The molecule has 0 fully saturated rings. The molecule has 0 saturated heterocycles. The van der Waals surface area contributed by atoms with Crippen LogP contribution in [0, 0.1) is 64.2 Å². The van der Waals surface area contributed by atoms with Gasteiger partial charge in [-0.15, -0.1) is 0 Å². The summed E-state index contributed by atoms with van der Waals surface area (Å²) in [6.07, 6.45) is 8.00. The van der Waals surface area contributed by atoms with E-state index in [0.717, 1.165) is 79.3 Å². The molecule has 0 radical (unpaired) electrons. The van der Waals surface area contributed by atoms with Crippen LogP contribution in [0.25, 0.3) is 33.4 Å². The van der Waals surface area contributed by atoms with Crippen LogP contribution in [0.1, 0.15) is 167 Å². The Labute approximate surface area is 478 Å². The summed E-state index contributed by atoms with van der Waals surface area (Å²) in [5.74, 6) is 0.173. The molecule has 2 unspecified atom stereocenters. The fourth-order valence-electron chi connectivity index (χ4n) is 11.0. The van der Waals surface area contributed by atoms with Crippen molar-refractivity contribution in [1.29, 1.82) is 0 Å². The van der Waals surface area contributed by atoms with Gasteiger partial charge in [0.25, 0.3) is 10.1 Å². The lowest BCUT2D eigenvalue weighted by atomic mass is 9.91. The van der Waals surface area contributed by atoms with Crippen LogP contribution in [0.5, 0.6) is 0 Å². The molecule has 434 valence electrons. The van der Waals surface area contributed by atoms with Gasteiger partial charge >= 0.3 is 0 Å². The minimum Gasteiger partial charge on any atom is -0.456 e. The summed E-state index contributed by atoms with van der Waals surface area (Å²) in [6.45, 7) is 32.7. The molecule has 13 nitrogen and oxygen atoms in total. The molecule has 0 aromatic heterocycles. The molecular weight excluding hydrogens is 1040 g/mol. The Morgan fingerprint density at radius 1 is 0.637 bits per heavy atom. The highest BCUT2D eigenvalue weighted by Gasteiger charge is 2.34. The third-order valence-corrected chi connectivity index (χ3v) is 18.0. The Morgan fingerprint density at radius 2 is 1.16 bits per heavy atom. The van der Waals surface area contributed by atoms with Crippen LogP contribution in [0.3, 0.4) is 0 Å². The smallest absolute Gasteiger partial charge is 0.296 e. The Kier molecular flexibility index (Phi) is 20.5. The summed E-state index contributed by atoms with van der Waals surface area (Å²) < 4.78 is 78.9. The Balaban J connectivity index is 1.68. The Bertz CT molecular complexity index is 3500. The van der Waals surface area contributed by atoms with Gasteiger partial charge in [-0.25, -0.2) is 13.4 Å². The second-order valence-corrected chi connectivity index (χ2v) is 28.0. The highest BCUT2D eigenvalue weighted by molar-refractivity contribution is 7.89. The molecule has 0 spiro atoms. The molecule has 4 N–H and O–H groups in total. The molecular formula is C65H89N5O8S2. The molecule has 4 aromatic carbocycles. The molecule has 4 aromatic rings. The van der Waals surface area contributed by atoms with Gasteiger partial charge in [0.2, 0.25) is 21.8 Å². The Hall–Kier alpha value is -5.87. The van der Waals surface area contributed by atoms with Gasteiger partial charge in [-0.3, -0.25) is 14.1 Å². The molecule has 1 aliphatic heterocycles. The number of unbranched alkanes of at least 4 members (excludes halogenated alkanes) is 2. The maximum absolute atomic E-state index is 15.8. The van der Waals surface area contributed by atoms with Crippen molar-refractivity contribution in [1.82, 2.24) is 4.31 Å². The van der Waals surface area contributed by atoms with Gasteiger partial charge in [0, 0.05) is 82.9 Å². The van der Waals surface area contributed by atoms with E-state index in [1.54, 1.807) is 28.6 Å². The summed E-state index contributed by atoms with van der Waals surface area (Å²) in [5, 5.41) is 10.2. The van der Waals surface area contributed by atoms with Gasteiger partial charge in [0.05, 0.1) is 15.9 Å². The monoisotopic (exact) mass is 1130 g/mol. The molecule has 2 atom stereocenters. The first-order valence-corrected chi connectivity index (χ1v) is 31.5. The van der Waals surface area contributed by atoms with Crippen LogP contribution in [0.15, 0.2) is 85.9 Å². The molecule has 0 saturated carbocycles. The highest BCUT2D eigenvalue weighted by atomic mass is 32.2. The maximum Gasteiger partial charge on any atom is 0.296 e. The number of hydrogen-bond acceptors (Lipinski definition) is 9. The number of carbonyl (C=O) groups is 2. The number of benzene rings is 5. The van der Waals surface area contributed by atoms with Crippen molar-refractivity contribution in [3.05, 3.63) is 105 Å². The van der Waals surface area contributed by atoms with E-state index in [-0.39, 0.29) is 62.5 Å². The number of fused-ring (bicyclic) bond motifs is 2. The third-order valence-electron chi connectivity index (χ3n) is 15.2. The van der Waals surface area contributed by atoms with Gasteiger partial charge in [-0.1, -0.05) is 138 Å². The number of hydrogen-bond donors (Lipinski definition) is 4. The lowest BCUT2D eigenvalue weighted by Crippen LogP contribution is -2.39. The molecule has 80 heavy (non-hydrogen) atoms. The quantitative estimate of drug-likeness (QED) is 0.0358. The minimum absolute atomic E-state index is 0.0627. The number of nitrogens with zero attached hydrogens (tertiary/aromatic N) is 2. The first kappa shape index (κ1) is 63.3. The van der Waals surface area contributed by atoms with Crippen molar-refractivity contribution in [2.75, 3.05) is 29.0 Å². The number of nitrogens with one attached hydrogen (secondary N) is 3. The topological polar surface area (TPSA) is 187 Å². The van der Waals surface area contributed by atoms with Crippen LogP contribution in [-0.2, 0) is 29.7 Å². The first-order valence-electron chi connectivity index (χ1n) is 28.7. The van der Waals surface area contributed by atoms with E-state index >= 15 is 8.42 Å². The average molecular weight is 1130 g/mol. The van der Waals surface area contributed by atoms with Crippen LogP contribution in [0.2, 0.25) is 0 Å². The SMILES string of the molecule is CCCCC(CC)CN(CC(CC)CCCC)S(=O)(=O)c1ccccc1-c1c2cc(S(=O)(=O)O)c(=Nc3c(C)cc(C)c(NC(=O)CC(C)(C)C)c3C)cc-2oc2cc(Nc3c(C)cc(C)c(NC(=O)CC(C)(C)C)c3C)ccc12. The zero-order valence-electron chi connectivity index (χ0n) is 50.5. The van der Waals surface area contributed by atoms with E-state index in [2.05, 4.69) is 43.6 Å². The minimum atomic E-state index is -5.02. The summed E-state index contributed by atoms with van der Waals surface area (Å²) >= 11 is 0. The van der Waals surface area contributed by atoms with E-state index in [4.69, 9.17) is 9.41 Å². The van der Waals surface area contributed by atoms with Crippen molar-refractivity contribution in [3.63, 3.8) is 0 Å². The van der Waals surface area contributed by atoms with E-state index in [1.807, 2.05) is 113 Å².